The van der Waals surface area contributed by atoms with E-state index in [9.17, 15) is 0 Å². The molecular formula is C17H21NO. The van der Waals surface area contributed by atoms with Gasteiger partial charge in [0.25, 0.3) is 0 Å². The van der Waals surface area contributed by atoms with Crippen LogP contribution in [0.2, 0.25) is 0 Å². The number of nitrogens with two attached hydrogens (primary N) is 1. The second-order valence-corrected chi connectivity index (χ2v) is 4.97. The van der Waals surface area contributed by atoms with Crippen molar-refractivity contribution in [1.29, 1.82) is 0 Å². The zero-order valence-corrected chi connectivity index (χ0v) is 11.6. The zero-order valence-electron chi connectivity index (χ0n) is 11.6. The largest absolute Gasteiger partial charge is 0.486 e. The summed E-state index contributed by atoms with van der Waals surface area (Å²) in [5.41, 5.74) is 7.78. The molecule has 100 valence electrons. The van der Waals surface area contributed by atoms with Crippen LogP contribution in [0.5, 0.6) is 5.75 Å². The molecule has 1 atom stereocenters. The van der Waals surface area contributed by atoms with Crippen LogP contribution in [-0.4, -0.2) is 12.1 Å². The molecule has 0 aromatic heterocycles. The summed E-state index contributed by atoms with van der Waals surface area (Å²) < 4.78 is 6.16. The molecule has 2 nitrogen and oxygen atoms in total. The van der Waals surface area contributed by atoms with E-state index in [1.165, 1.54) is 0 Å². The second-order valence-electron chi connectivity index (χ2n) is 4.97. The third-order valence-electron chi connectivity index (χ3n) is 3.51. The highest BCUT2D eigenvalue weighted by Gasteiger charge is 2.23. The number of benzene rings is 2. The Labute approximate surface area is 115 Å². The summed E-state index contributed by atoms with van der Waals surface area (Å²) in [5, 5.41) is 0. The maximum Gasteiger partial charge on any atom is 0.128 e. The number of hydrogen-bond acceptors (Lipinski definition) is 2. The summed E-state index contributed by atoms with van der Waals surface area (Å²) in [4.78, 5) is 0. The average molecular weight is 255 g/mol. The van der Waals surface area contributed by atoms with E-state index >= 15 is 0 Å². The topological polar surface area (TPSA) is 35.2 Å². The third-order valence-corrected chi connectivity index (χ3v) is 3.51. The number of para-hydroxylation sites is 1. The average Bonchev–Trinajstić information content (AvgIpc) is 2.48. The van der Waals surface area contributed by atoms with Crippen LogP contribution in [0.15, 0.2) is 54.6 Å². The minimum atomic E-state index is -0.315. The Hall–Kier alpha value is -1.80. The van der Waals surface area contributed by atoms with Gasteiger partial charge in [0.1, 0.15) is 11.4 Å². The highest BCUT2D eigenvalue weighted by Crippen LogP contribution is 2.32. The Morgan fingerprint density at radius 2 is 1.63 bits per heavy atom. The van der Waals surface area contributed by atoms with Crippen molar-refractivity contribution in [2.45, 2.75) is 25.9 Å². The van der Waals surface area contributed by atoms with Gasteiger partial charge in [0.15, 0.2) is 0 Å². The molecule has 0 fully saturated rings. The molecule has 0 aliphatic carbocycles. The first-order chi connectivity index (χ1) is 9.18. The quantitative estimate of drug-likeness (QED) is 0.880. The Bertz CT molecular complexity index is 518. The molecule has 0 saturated carbocycles. The van der Waals surface area contributed by atoms with Crippen LogP contribution in [0.3, 0.4) is 0 Å². The Morgan fingerprint density at radius 3 is 2.26 bits per heavy atom. The predicted octanol–water partition coefficient (Wildman–Crippen LogP) is 3.86. The van der Waals surface area contributed by atoms with E-state index in [2.05, 4.69) is 32.0 Å². The molecule has 2 aromatic carbocycles. The van der Waals surface area contributed by atoms with Crippen LogP contribution in [0, 0.1) is 0 Å². The lowest BCUT2D eigenvalue weighted by atomic mass is 10.0. The van der Waals surface area contributed by atoms with E-state index in [1.54, 1.807) is 0 Å². The lowest BCUT2D eigenvalue weighted by Crippen LogP contribution is -2.40. The highest BCUT2D eigenvalue weighted by atomic mass is 16.5. The zero-order chi connectivity index (χ0) is 13.7. The van der Waals surface area contributed by atoms with Crippen LogP contribution >= 0.6 is 0 Å². The lowest BCUT2D eigenvalue weighted by molar-refractivity contribution is 0.0942. The van der Waals surface area contributed by atoms with Gasteiger partial charge in [0.05, 0.1) is 0 Å². The fraction of sp³-hybridized carbons (Fsp3) is 0.294. The maximum atomic E-state index is 6.16. The smallest absolute Gasteiger partial charge is 0.128 e. The first kappa shape index (κ1) is 13.6. The molecule has 1 unspecified atom stereocenters. The standard InChI is InChI=1S/C17H21NO/c1-3-17(2,13-18)19-16-12-8-7-11-15(16)14-9-5-4-6-10-14/h4-12H,3,13,18H2,1-2H3. The fourth-order valence-electron chi connectivity index (χ4n) is 1.94. The monoisotopic (exact) mass is 255 g/mol. The van der Waals surface area contributed by atoms with Crippen LogP contribution in [0.4, 0.5) is 0 Å². The molecule has 0 bridgehead atoms. The van der Waals surface area contributed by atoms with E-state index in [-0.39, 0.29) is 5.60 Å². The summed E-state index contributed by atoms with van der Waals surface area (Å²) in [6.45, 7) is 4.65. The van der Waals surface area contributed by atoms with Crippen molar-refractivity contribution >= 4 is 0 Å². The summed E-state index contributed by atoms with van der Waals surface area (Å²) >= 11 is 0. The van der Waals surface area contributed by atoms with Crippen molar-refractivity contribution in [2.75, 3.05) is 6.54 Å². The van der Waals surface area contributed by atoms with E-state index in [1.807, 2.05) is 36.4 Å². The van der Waals surface area contributed by atoms with Gasteiger partial charge in [-0.15, -0.1) is 0 Å². The van der Waals surface area contributed by atoms with Gasteiger partial charge in [-0.25, -0.2) is 0 Å². The van der Waals surface area contributed by atoms with Crippen molar-refractivity contribution < 1.29 is 4.74 Å². The minimum Gasteiger partial charge on any atom is -0.486 e. The normalized spacial score (nSPS) is 13.8. The Kier molecular flexibility index (Phi) is 4.23. The first-order valence-corrected chi connectivity index (χ1v) is 6.72. The fourth-order valence-corrected chi connectivity index (χ4v) is 1.94. The van der Waals surface area contributed by atoms with Crippen LogP contribution < -0.4 is 10.5 Å². The molecule has 0 heterocycles. The van der Waals surface area contributed by atoms with Crippen molar-refractivity contribution in [3.8, 4) is 16.9 Å². The summed E-state index contributed by atoms with van der Waals surface area (Å²) in [5.74, 6) is 0.892. The minimum absolute atomic E-state index is 0.315. The SMILES string of the molecule is CCC(C)(CN)Oc1ccccc1-c1ccccc1. The van der Waals surface area contributed by atoms with Gasteiger partial charge in [0, 0.05) is 12.1 Å². The van der Waals surface area contributed by atoms with Crippen molar-refractivity contribution in [3.63, 3.8) is 0 Å². The van der Waals surface area contributed by atoms with Gasteiger partial charge in [-0.05, 0) is 25.0 Å². The van der Waals surface area contributed by atoms with Crippen molar-refractivity contribution in [3.05, 3.63) is 54.6 Å². The second kappa shape index (κ2) is 5.89. The molecule has 0 aliphatic rings. The van der Waals surface area contributed by atoms with Crippen molar-refractivity contribution in [2.24, 2.45) is 5.73 Å². The van der Waals surface area contributed by atoms with Gasteiger partial charge in [0.2, 0.25) is 0 Å². The number of rotatable bonds is 5. The molecule has 2 N–H and O–H groups in total. The molecule has 2 rings (SSSR count). The lowest BCUT2D eigenvalue weighted by Gasteiger charge is -2.29. The first-order valence-electron chi connectivity index (χ1n) is 6.72. The molecule has 2 heteroatoms. The van der Waals surface area contributed by atoms with Crippen LogP contribution in [0.1, 0.15) is 20.3 Å². The molecule has 0 radical (unpaired) electrons. The molecule has 19 heavy (non-hydrogen) atoms. The maximum absolute atomic E-state index is 6.16. The molecule has 0 aliphatic heterocycles. The third kappa shape index (κ3) is 3.15. The van der Waals surface area contributed by atoms with E-state index < -0.39 is 0 Å². The van der Waals surface area contributed by atoms with Crippen molar-refractivity contribution in [1.82, 2.24) is 0 Å². The van der Waals surface area contributed by atoms with E-state index in [0.717, 1.165) is 23.3 Å². The highest BCUT2D eigenvalue weighted by molar-refractivity contribution is 5.70. The number of ether oxygens (including phenoxy) is 1. The van der Waals surface area contributed by atoms with Gasteiger partial charge < -0.3 is 10.5 Å². The van der Waals surface area contributed by atoms with Gasteiger partial charge in [-0.2, -0.15) is 0 Å². The molecule has 2 aromatic rings. The van der Waals surface area contributed by atoms with Gasteiger partial charge in [-0.1, -0.05) is 55.5 Å². The van der Waals surface area contributed by atoms with Crippen LogP contribution in [0.25, 0.3) is 11.1 Å². The predicted molar refractivity (Wildman–Crippen MR) is 80.3 cm³/mol. The van der Waals surface area contributed by atoms with Gasteiger partial charge >= 0.3 is 0 Å². The van der Waals surface area contributed by atoms with E-state index in [0.29, 0.717) is 6.54 Å². The molecular weight excluding hydrogens is 234 g/mol. The summed E-state index contributed by atoms with van der Waals surface area (Å²) in [7, 11) is 0. The Balaban J connectivity index is 2.37. The Morgan fingerprint density at radius 1 is 1.00 bits per heavy atom. The molecule has 0 amide bonds. The summed E-state index contributed by atoms with van der Waals surface area (Å²) in [6, 6.07) is 18.4. The van der Waals surface area contributed by atoms with Crippen LogP contribution in [-0.2, 0) is 0 Å². The van der Waals surface area contributed by atoms with Gasteiger partial charge in [-0.3, -0.25) is 0 Å². The van der Waals surface area contributed by atoms with E-state index in [4.69, 9.17) is 10.5 Å². The number of hydrogen-bond donors (Lipinski definition) is 1. The molecule has 0 saturated heterocycles. The summed E-state index contributed by atoms with van der Waals surface area (Å²) in [6.07, 6.45) is 0.882. The molecule has 0 spiro atoms.